The van der Waals surface area contributed by atoms with E-state index in [-0.39, 0.29) is 5.91 Å². The second-order valence-corrected chi connectivity index (χ2v) is 4.39. The van der Waals surface area contributed by atoms with Gasteiger partial charge in [-0.15, -0.1) is 0 Å². The van der Waals surface area contributed by atoms with E-state index in [9.17, 15) is 4.79 Å². The molecule has 0 atom stereocenters. The van der Waals surface area contributed by atoms with E-state index in [1.165, 1.54) is 11.6 Å². The van der Waals surface area contributed by atoms with Crippen LogP contribution in [0.4, 0.5) is 11.4 Å². The van der Waals surface area contributed by atoms with Crippen molar-refractivity contribution in [1.82, 2.24) is 0 Å². The van der Waals surface area contributed by atoms with Crippen LogP contribution in [0.5, 0.6) is 0 Å². The number of fused-ring (bicyclic) bond motifs is 1. The van der Waals surface area contributed by atoms with E-state index >= 15 is 0 Å². The van der Waals surface area contributed by atoms with Gasteiger partial charge in [-0.2, -0.15) is 0 Å². The summed E-state index contributed by atoms with van der Waals surface area (Å²) >= 11 is 0. The van der Waals surface area contributed by atoms with E-state index in [0.717, 1.165) is 24.3 Å². The highest BCUT2D eigenvalue weighted by Crippen LogP contribution is 2.25. The van der Waals surface area contributed by atoms with E-state index in [0.29, 0.717) is 5.76 Å². The minimum Gasteiger partial charge on any atom is -0.465 e. The zero-order chi connectivity index (χ0) is 13.1. The first kappa shape index (κ1) is 11.6. The lowest BCUT2D eigenvalue weighted by atomic mass is 10.1. The van der Waals surface area contributed by atoms with Crippen LogP contribution in [0.1, 0.15) is 11.3 Å². The van der Waals surface area contributed by atoms with Crippen LogP contribution >= 0.6 is 0 Å². The molecule has 1 aromatic heterocycles. The minimum atomic E-state index is -0.165. The fourth-order valence-electron chi connectivity index (χ4n) is 2.11. The van der Waals surface area contributed by atoms with Crippen LogP contribution in [0, 0.1) is 0 Å². The molecule has 19 heavy (non-hydrogen) atoms. The number of benzene rings is 1. The Labute approximate surface area is 111 Å². The topological polar surface area (TPSA) is 54.3 Å². The highest BCUT2D eigenvalue weighted by Gasteiger charge is 2.10. The van der Waals surface area contributed by atoms with E-state index in [2.05, 4.69) is 10.6 Å². The maximum atomic E-state index is 11.8. The van der Waals surface area contributed by atoms with E-state index in [4.69, 9.17) is 4.42 Å². The summed E-state index contributed by atoms with van der Waals surface area (Å²) in [5.41, 5.74) is 3.22. The van der Waals surface area contributed by atoms with Gasteiger partial charge in [0.2, 0.25) is 5.91 Å². The molecule has 1 aromatic carbocycles. The Kier molecular flexibility index (Phi) is 3.06. The molecule has 1 amide bonds. The Hall–Kier alpha value is -2.49. The average Bonchev–Trinajstić information content (AvgIpc) is 3.07. The van der Waals surface area contributed by atoms with Crippen molar-refractivity contribution in [2.75, 3.05) is 17.2 Å². The van der Waals surface area contributed by atoms with Gasteiger partial charge < -0.3 is 15.1 Å². The third kappa shape index (κ3) is 2.68. The summed E-state index contributed by atoms with van der Waals surface area (Å²) < 4.78 is 5.12. The summed E-state index contributed by atoms with van der Waals surface area (Å²) in [4.78, 5) is 11.8. The lowest BCUT2D eigenvalue weighted by Gasteiger charge is -2.05. The van der Waals surface area contributed by atoms with Gasteiger partial charge in [0.15, 0.2) is 0 Å². The van der Waals surface area contributed by atoms with Gasteiger partial charge in [-0.3, -0.25) is 4.79 Å². The largest absolute Gasteiger partial charge is 0.465 e. The number of hydrogen-bond acceptors (Lipinski definition) is 3. The van der Waals surface area contributed by atoms with Gasteiger partial charge in [0.05, 0.1) is 6.26 Å². The average molecular weight is 254 g/mol. The van der Waals surface area contributed by atoms with Crippen molar-refractivity contribution in [2.45, 2.75) is 6.42 Å². The molecule has 2 aromatic rings. The van der Waals surface area contributed by atoms with Crippen molar-refractivity contribution in [1.29, 1.82) is 0 Å². The number of carbonyl (C=O) groups is 1. The van der Waals surface area contributed by atoms with Crippen molar-refractivity contribution < 1.29 is 9.21 Å². The number of anilines is 2. The highest BCUT2D eigenvalue weighted by molar-refractivity contribution is 6.01. The van der Waals surface area contributed by atoms with Crippen molar-refractivity contribution in [2.24, 2.45) is 0 Å². The molecule has 0 aliphatic carbocycles. The van der Waals surface area contributed by atoms with E-state index in [1.54, 1.807) is 24.5 Å². The molecule has 0 saturated carbocycles. The molecule has 0 fully saturated rings. The molecule has 2 heterocycles. The van der Waals surface area contributed by atoms with Crippen molar-refractivity contribution in [3.63, 3.8) is 0 Å². The lowest BCUT2D eigenvalue weighted by molar-refractivity contribution is -0.111. The SMILES string of the molecule is O=C(/C=C/c1ccco1)Nc1ccc2c(c1)CCN2. The number of furan rings is 1. The van der Waals surface area contributed by atoms with Gasteiger partial charge in [0, 0.05) is 24.0 Å². The van der Waals surface area contributed by atoms with Crippen LogP contribution in [0.3, 0.4) is 0 Å². The minimum absolute atomic E-state index is 0.165. The quantitative estimate of drug-likeness (QED) is 0.828. The lowest BCUT2D eigenvalue weighted by Crippen LogP contribution is -2.07. The third-order valence-electron chi connectivity index (χ3n) is 3.02. The molecular weight excluding hydrogens is 240 g/mol. The van der Waals surface area contributed by atoms with E-state index < -0.39 is 0 Å². The molecule has 4 heteroatoms. The van der Waals surface area contributed by atoms with Crippen LogP contribution in [-0.4, -0.2) is 12.5 Å². The van der Waals surface area contributed by atoms with Crippen molar-refractivity contribution in [3.05, 3.63) is 54.0 Å². The Morgan fingerprint density at radius 3 is 3.16 bits per heavy atom. The molecule has 0 unspecified atom stereocenters. The summed E-state index contributed by atoms with van der Waals surface area (Å²) in [5.74, 6) is 0.496. The predicted octanol–water partition coefficient (Wildman–Crippen LogP) is 2.90. The van der Waals surface area contributed by atoms with Crippen molar-refractivity contribution in [3.8, 4) is 0 Å². The van der Waals surface area contributed by atoms with Gasteiger partial charge >= 0.3 is 0 Å². The summed E-state index contributed by atoms with van der Waals surface area (Å²) in [5, 5.41) is 6.12. The zero-order valence-corrected chi connectivity index (χ0v) is 10.3. The maximum absolute atomic E-state index is 11.8. The Bertz CT molecular complexity index is 615. The predicted molar refractivity (Wildman–Crippen MR) is 75.0 cm³/mol. The number of amides is 1. The van der Waals surface area contributed by atoms with Crippen LogP contribution in [0.25, 0.3) is 6.08 Å². The molecule has 4 nitrogen and oxygen atoms in total. The molecule has 1 aliphatic heterocycles. The first-order valence-corrected chi connectivity index (χ1v) is 6.21. The normalized spacial score (nSPS) is 13.3. The molecule has 0 radical (unpaired) electrons. The van der Waals surface area contributed by atoms with Gasteiger partial charge in [-0.05, 0) is 48.4 Å². The fraction of sp³-hybridized carbons (Fsp3) is 0.133. The van der Waals surface area contributed by atoms with Gasteiger partial charge in [0.1, 0.15) is 5.76 Å². The van der Waals surface area contributed by atoms with Crippen LogP contribution < -0.4 is 10.6 Å². The standard InChI is InChI=1S/C15H14N2O2/c18-15(6-4-13-2-1-9-19-13)17-12-3-5-14-11(10-12)7-8-16-14/h1-6,9-10,16H,7-8H2,(H,17,18)/b6-4+. The molecule has 1 aliphatic rings. The summed E-state index contributed by atoms with van der Waals surface area (Å²) in [7, 11) is 0. The van der Waals surface area contributed by atoms with Crippen LogP contribution in [0.15, 0.2) is 47.1 Å². The summed E-state index contributed by atoms with van der Waals surface area (Å²) in [6.45, 7) is 0.963. The maximum Gasteiger partial charge on any atom is 0.248 e. The Balaban J connectivity index is 1.66. The number of rotatable bonds is 3. The molecule has 3 rings (SSSR count). The summed E-state index contributed by atoms with van der Waals surface area (Å²) in [6.07, 6.45) is 5.68. The molecule has 2 N–H and O–H groups in total. The second-order valence-electron chi connectivity index (χ2n) is 4.39. The highest BCUT2D eigenvalue weighted by atomic mass is 16.3. The summed E-state index contributed by atoms with van der Waals surface area (Å²) in [6, 6.07) is 9.48. The first-order valence-electron chi connectivity index (χ1n) is 6.21. The van der Waals surface area contributed by atoms with Crippen molar-refractivity contribution >= 4 is 23.4 Å². The Morgan fingerprint density at radius 2 is 2.32 bits per heavy atom. The fourth-order valence-corrected chi connectivity index (χ4v) is 2.11. The first-order chi connectivity index (χ1) is 9.31. The zero-order valence-electron chi connectivity index (χ0n) is 10.3. The number of hydrogen-bond donors (Lipinski definition) is 2. The molecule has 0 bridgehead atoms. The van der Waals surface area contributed by atoms with Crippen LogP contribution in [-0.2, 0) is 11.2 Å². The monoisotopic (exact) mass is 254 g/mol. The molecule has 0 saturated heterocycles. The molecular formula is C15H14N2O2. The Morgan fingerprint density at radius 1 is 1.37 bits per heavy atom. The number of nitrogens with one attached hydrogen (secondary N) is 2. The second kappa shape index (κ2) is 5.02. The third-order valence-corrected chi connectivity index (χ3v) is 3.02. The molecule has 0 spiro atoms. The van der Waals surface area contributed by atoms with Gasteiger partial charge in [-0.1, -0.05) is 0 Å². The van der Waals surface area contributed by atoms with Gasteiger partial charge in [0.25, 0.3) is 0 Å². The van der Waals surface area contributed by atoms with Crippen LogP contribution in [0.2, 0.25) is 0 Å². The smallest absolute Gasteiger partial charge is 0.248 e. The van der Waals surface area contributed by atoms with E-state index in [1.807, 2.05) is 18.2 Å². The number of carbonyl (C=O) groups excluding carboxylic acids is 1. The molecule has 96 valence electrons. The van der Waals surface area contributed by atoms with Gasteiger partial charge in [-0.25, -0.2) is 0 Å².